The summed E-state index contributed by atoms with van der Waals surface area (Å²) in [6.07, 6.45) is 0. The summed E-state index contributed by atoms with van der Waals surface area (Å²) in [6, 6.07) is 7.41. The highest BCUT2D eigenvalue weighted by atomic mass is 16.5. The van der Waals surface area contributed by atoms with Crippen LogP contribution in [-0.4, -0.2) is 14.2 Å². The molecule has 0 fully saturated rings. The fraction of sp³-hybridized carbons (Fsp3) is 0.250. The van der Waals surface area contributed by atoms with Crippen molar-refractivity contribution in [3.8, 4) is 5.75 Å². The number of nitrogens with zero attached hydrogens (tertiary/aromatic N) is 2. The van der Waals surface area contributed by atoms with E-state index >= 15 is 0 Å². The molecule has 3 nitrogen and oxygen atoms in total. The third kappa shape index (κ3) is 2.04. The van der Waals surface area contributed by atoms with Crippen molar-refractivity contribution in [2.75, 3.05) is 14.2 Å². The van der Waals surface area contributed by atoms with E-state index in [2.05, 4.69) is 10.2 Å². The van der Waals surface area contributed by atoms with Crippen molar-refractivity contribution in [2.45, 2.75) is 0 Å². The molecule has 1 rings (SSSR count). The minimum absolute atomic E-state index is 0.833. The van der Waals surface area contributed by atoms with Crippen LogP contribution >= 0.6 is 0 Å². The van der Waals surface area contributed by atoms with Crippen LogP contribution in [0.25, 0.3) is 0 Å². The molecule has 0 saturated heterocycles. The molecule has 0 heterocycles. The Hall–Kier alpha value is -1.38. The van der Waals surface area contributed by atoms with Crippen molar-refractivity contribution in [1.29, 1.82) is 0 Å². The fourth-order valence-electron chi connectivity index (χ4n) is 0.764. The Kier molecular flexibility index (Phi) is 2.60. The minimum atomic E-state index is 0.833. The highest BCUT2D eigenvalue weighted by molar-refractivity contribution is 5.40. The van der Waals surface area contributed by atoms with E-state index in [9.17, 15) is 0 Å². The van der Waals surface area contributed by atoms with Gasteiger partial charge in [-0.15, -0.1) is 0 Å². The summed E-state index contributed by atoms with van der Waals surface area (Å²) >= 11 is 0. The lowest BCUT2D eigenvalue weighted by Crippen LogP contribution is -1.79. The first-order valence-corrected chi connectivity index (χ1v) is 3.30. The average molecular weight is 150 g/mol. The molecule has 0 unspecified atom stereocenters. The van der Waals surface area contributed by atoms with E-state index in [0.29, 0.717) is 0 Å². The summed E-state index contributed by atoms with van der Waals surface area (Å²) in [5, 5.41) is 7.50. The van der Waals surface area contributed by atoms with Crippen LogP contribution < -0.4 is 4.74 Å². The van der Waals surface area contributed by atoms with Crippen LogP contribution in [0.5, 0.6) is 5.75 Å². The zero-order chi connectivity index (χ0) is 8.10. The van der Waals surface area contributed by atoms with Crippen LogP contribution in [0.15, 0.2) is 34.5 Å². The van der Waals surface area contributed by atoms with Crippen molar-refractivity contribution in [1.82, 2.24) is 0 Å². The number of benzene rings is 1. The molecule has 0 amide bonds. The Balaban J connectivity index is 2.82. The van der Waals surface area contributed by atoms with Crippen LogP contribution in [0.1, 0.15) is 0 Å². The molecule has 1 aromatic carbocycles. The molecule has 0 saturated carbocycles. The van der Waals surface area contributed by atoms with E-state index < -0.39 is 0 Å². The van der Waals surface area contributed by atoms with E-state index in [-0.39, 0.29) is 0 Å². The minimum Gasteiger partial charge on any atom is -0.497 e. The van der Waals surface area contributed by atoms with Gasteiger partial charge in [0, 0.05) is 7.05 Å². The lowest BCUT2D eigenvalue weighted by molar-refractivity contribution is 0.415. The van der Waals surface area contributed by atoms with Crippen molar-refractivity contribution < 1.29 is 4.74 Å². The van der Waals surface area contributed by atoms with E-state index in [0.717, 1.165) is 11.4 Å². The maximum absolute atomic E-state index is 4.98. The second-order valence-corrected chi connectivity index (χ2v) is 2.00. The van der Waals surface area contributed by atoms with E-state index in [1.54, 1.807) is 14.2 Å². The highest BCUT2D eigenvalue weighted by Crippen LogP contribution is 2.17. The van der Waals surface area contributed by atoms with Gasteiger partial charge in [0.05, 0.1) is 12.8 Å². The number of rotatable bonds is 2. The van der Waals surface area contributed by atoms with Crippen molar-refractivity contribution >= 4 is 5.69 Å². The molecule has 1 aromatic rings. The molecular weight excluding hydrogens is 140 g/mol. The Morgan fingerprint density at radius 3 is 2.27 bits per heavy atom. The molecule has 0 atom stereocenters. The number of ether oxygens (including phenoxy) is 1. The number of azo groups is 1. The number of methoxy groups -OCH3 is 1. The SMILES string of the molecule is CN=Nc1ccc(OC)cc1. The molecule has 3 heteroatoms. The first-order valence-electron chi connectivity index (χ1n) is 3.30. The van der Waals surface area contributed by atoms with Crippen LogP contribution in [0.4, 0.5) is 5.69 Å². The van der Waals surface area contributed by atoms with E-state index in [4.69, 9.17) is 4.74 Å². The van der Waals surface area contributed by atoms with Crippen LogP contribution in [0.3, 0.4) is 0 Å². The van der Waals surface area contributed by atoms with Gasteiger partial charge in [0.15, 0.2) is 0 Å². The van der Waals surface area contributed by atoms with Crippen LogP contribution in [0.2, 0.25) is 0 Å². The quantitative estimate of drug-likeness (QED) is 0.596. The first kappa shape index (κ1) is 7.72. The Morgan fingerprint density at radius 2 is 1.82 bits per heavy atom. The number of hydrogen-bond acceptors (Lipinski definition) is 3. The summed E-state index contributed by atoms with van der Waals surface area (Å²) in [5.74, 6) is 0.833. The first-order chi connectivity index (χ1) is 5.36. The second-order valence-electron chi connectivity index (χ2n) is 2.00. The molecule has 0 aliphatic carbocycles. The monoisotopic (exact) mass is 150 g/mol. The Bertz CT molecular complexity index is 241. The normalized spacial score (nSPS) is 10.4. The summed E-state index contributed by atoms with van der Waals surface area (Å²) in [7, 11) is 3.28. The molecule has 0 aliphatic heterocycles. The van der Waals surface area contributed by atoms with Gasteiger partial charge in [-0.3, -0.25) is 0 Å². The van der Waals surface area contributed by atoms with Crippen molar-refractivity contribution in [3.63, 3.8) is 0 Å². The second kappa shape index (κ2) is 3.71. The van der Waals surface area contributed by atoms with E-state index in [1.807, 2.05) is 24.3 Å². The smallest absolute Gasteiger partial charge is 0.119 e. The summed E-state index contributed by atoms with van der Waals surface area (Å²) in [4.78, 5) is 0. The Morgan fingerprint density at radius 1 is 1.18 bits per heavy atom. The summed E-state index contributed by atoms with van der Waals surface area (Å²) in [5.41, 5.74) is 0.841. The standard InChI is InChI=1S/C8H10N2O/c1-9-10-7-3-5-8(11-2)6-4-7/h3-6H,1-2H3. The van der Waals surface area contributed by atoms with Gasteiger partial charge in [-0.25, -0.2) is 0 Å². The van der Waals surface area contributed by atoms with Gasteiger partial charge in [-0.05, 0) is 24.3 Å². The fourth-order valence-corrected chi connectivity index (χ4v) is 0.764. The lowest BCUT2D eigenvalue weighted by Gasteiger charge is -1.97. The van der Waals surface area contributed by atoms with Gasteiger partial charge in [0.1, 0.15) is 5.75 Å². The maximum Gasteiger partial charge on any atom is 0.119 e. The van der Waals surface area contributed by atoms with Crippen molar-refractivity contribution in [2.24, 2.45) is 10.2 Å². The molecule has 0 N–H and O–H groups in total. The molecule has 0 aliphatic rings. The van der Waals surface area contributed by atoms with E-state index in [1.165, 1.54) is 0 Å². The average Bonchev–Trinajstić information content (AvgIpc) is 2.07. The predicted molar refractivity (Wildman–Crippen MR) is 43.4 cm³/mol. The van der Waals surface area contributed by atoms with Crippen molar-refractivity contribution in [3.05, 3.63) is 24.3 Å². The lowest BCUT2D eigenvalue weighted by atomic mass is 10.3. The van der Waals surface area contributed by atoms with Crippen LogP contribution in [-0.2, 0) is 0 Å². The molecule has 0 radical (unpaired) electrons. The predicted octanol–water partition coefficient (Wildman–Crippen LogP) is 2.41. The van der Waals surface area contributed by atoms with Crippen LogP contribution in [0, 0.1) is 0 Å². The molecule has 11 heavy (non-hydrogen) atoms. The Labute approximate surface area is 65.7 Å². The third-order valence-electron chi connectivity index (χ3n) is 1.29. The maximum atomic E-state index is 4.98. The molecule has 0 aromatic heterocycles. The van der Waals surface area contributed by atoms with Gasteiger partial charge >= 0.3 is 0 Å². The third-order valence-corrected chi connectivity index (χ3v) is 1.29. The molecule has 0 bridgehead atoms. The number of hydrogen-bond donors (Lipinski definition) is 0. The zero-order valence-corrected chi connectivity index (χ0v) is 6.61. The topological polar surface area (TPSA) is 34.0 Å². The van der Waals surface area contributed by atoms with Gasteiger partial charge < -0.3 is 4.74 Å². The zero-order valence-electron chi connectivity index (χ0n) is 6.61. The molecule has 58 valence electrons. The molecular formula is C8H10N2O. The summed E-state index contributed by atoms with van der Waals surface area (Å²) in [6.45, 7) is 0. The molecule has 0 spiro atoms. The van der Waals surface area contributed by atoms with Gasteiger partial charge in [0.2, 0.25) is 0 Å². The van der Waals surface area contributed by atoms with Gasteiger partial charge in [-0.1, -0.05) is 0 Å². The van der Waals surface area contributed by atoms with Gasteiger partial charge in [0.25, 0.3) is 0 Å². The largest absolute Gasteiger partial charge is 0.497 e. The highest BCUT2D eigenvalue weighted by Gasteiger charge is 1.89. The van der Waals surface area contributed by atoms with Gasteiger partial charge in [-0.2, -0.15) is 10.2 Å². The summed E-state index contributed by atoms with van der Waals surface area (Å²) < 4.78 is 4.98.